The van der Waals surface area contributed by atoms with Gasteiger partial charge in [-0.1, -0.05) is 30.3 Å². The Bertz CT molecular complexity index is 1330. The van der Waals surface area contributed by atoms with E-state index in [4.69, 9.17) is 9.52 Å². The third-order valence-electron chi connectivity index (χ3n) is 5.22. The molecule has 4 rings (SSSR count). The number of amides is 2. The first-order chi connectivity index (χ1) is 15.8. The molecule has 2 atom stereocenters. The number of aromatic hydroxyl groups is 1. The lowest BCUT2D eigenvalue weighted by atomic mass is 9.97. The number of phenolic OH excluding ortho intramolecular Hbond substituents is 1. The van der Waals surface area contributed by atoms with Crippen LogP contribution < -0.4 is 10.1 Å². The molecule has 0 saturated heterocycles. The van der Waals surface area contributed by atoms with Crippen LogP contribution in [0.25, 0.3) is 0 Å². The molecule has 0 radical (unpaired) electrons. The van der Waals surface area contributed by atoms with Crippen molar-refractivity contribution in [3.8, 4) is 11.5 Å². The van der Waals surface area contributed by atoms with Crippen molar-refractivity contribution in [2.45, 2.75) is 16.0 Å². The Morgan fingerprint density at radius 1 is 1.15 bits per heavy atom. The van der Waals surface area contributed by atoms with Crippen molar-refractivity contribution in [3.05, 3.63) is 83.4 Å². The Kier molecular flexibility index (Phi) is 6.35. The quantitative estimate of drug-likeness (QED) is 0.479. The molecule has 0 spiro atoms. The number of hydrogen-bond acceptors (Lipinski definition) is 6. The molecule has 1 aliphatic heterocycles. The van der Waals surface area contributed by atoms with Crippen LogP contribution >= 0.6 is 8.73 Å². The van der Waals surface area contributed by atoms with E-state index in [0.29, 0.717) is 38.5 Å². The Morgan fingerprint density at radius 3 is 2.45 bits per heavy atom. The van der Waals surface area contributed by atoms with Crippen LogP contribution in [0.3, 0.4) is 0 Å². The number of carbonyl (C=O) groups is 1. The maximum Gasteiger partial charge on any atom is 0.340 e. The van der Waals surface area contributed by atoms with Crippen molar-refractivity contribution in [1.29, 1.82) is 4.78 Å². The summed E-state index contributed by atoms with van der Waals surface area (Å²) in [5.41, 5.74) is 2.70. The molecule has 3 aromatic rings. The molecule has 2 amide bonds. The maximum absolute atomic E-state index is 13.2. The lowest BCUT2D eigenvalue weighted by molar-refractivity contribution is 0.228. The Hall–Kier alpha value is -3.42. The predicted molar refractivity (Wildman–Crippen MR) is 129 cm³/mol. The number of nitrogens with one attached hydrogen (secondary N) is 2. The van der Waals surface area contributed by atoms with Crippen molar-refractivity contribution in [3.63, 3.8) is 0 Å². The molecule has 1 aliphatic rings. The molecule has 3 aromatic carbocycles. The van der Waals surface area contributed by atoms with Gasteiger partial charge in [-0.3, -0.25) is 0 Å². The van der Waals surface area contributed by atoms with Crippen LogP contribution in [0, 0.1) is 4.78 Å². The second-order valence-corrected chi connectivity index (χ2v) is 10.4. The topological polar surface area (TPSA) is 115 Å². The highest BCUT2D eigenvalue weighted by Gasteiger charge is 2.24. The predicted octanol–water partition coefficient (Wildman–Crippen LogP) is 4.37. The number of carbonyl (C=O) groups excluding carboxylic acids is 1. The normalized spacial score (nSPS) is 15.7. The number of hydrazone groups is 1. The molecule has 170 valence electrons. The first-order valence-electron chi connectivity index (χ1n) is 10.0. The largest absolute Gasteiger partial charge is 0.504 e. The number of fused-ring (bicyclic) bond motifs is 1. The number of ether oxygens (including phenoxy) is 1. The number of rotatable bonds is 4. The molecular weight excluding hydrogens is 459 g/mol. The lowest BCUT2D eigenvalue weighted by Gasteiger charge is -2.15. The number of urea groups is 1. The van der Waals surface area contributed by atoms with Crippen molar-refractivity contribution in [2.24, 2.45) is 5.10 Å². The van der Waals surface area contributed by atoms with Gasteiger partial charge in [0.05, 0.1) is 22.6 Å². The number of methoxy groups -OCH3 is 1. The molecule has 8 nitrogen and oxygen atoms in total. The van der Waals surface area contributed by atoms with E-state index in [1.807, 2.05) is 6.07 Å². The van der Waals surface area contributed by atoms with Gasteiger partial charge < -0.3 is 15.2 Å². The summed E-state index contributed by atoms with van der Waals surface area (Å²) in [5, 5.41) is 17.6. The second-order valence-electron chi connectivity index (χ2n) is 7.23. The third-order valence-corrected chi connectivity index (χ3v) is 8.23. The summed E-state index contributed by atoms with van der Waals surface area (Å²) < 4.78 is 28.2. The van der Waals surface area contributed by atoms with Gasteiger partial charge in [0.1, 0.15) is 9.73 Å². The number of hydrogen-bond donors (Lipinski definition) is 3. The monoisotopic (exact) mass is 482 g/mol. The van der Waals surface area contributed by atoms with Gasteiger partial charge >= 0.3 is 6.03 Å². The third kappa shape index (κ3) is 4.42. The van der Waals surface area contributed by atoms with Crippen molar-refractivity contribution in [2.75, 3.05) is 14.2 Å². The zero-order valence-corrected chi connectivity index (χ0v) is 19.8. The highest BCUT2D eigenvalue weighted by atomic mass is 32.2. The molecule has 0 aromatic heterocycles. The summed E-state index contributed by atoms with van der Waals surface area (Å²) in [6.07, 6.45) is 0.541. The average molecular weight is 483 g/mol. The Morgan fingerprint density at radius 2 is 1.82 bits per heavy atom. The minimum Gasteiger partial charge on any atom is -0.504 e. The van der Waals surface area contributed by atoms with E-state index in [2.05, 4.69) is 10.4 Å². The van der Waals surface area contributed by atoms with Crippen LogP contribution in [-0.4, -0.2) is 40.0 Å². The van der Waals surface area contributed by atoms with E-state index in [1.165, 1.54) is 18.9 Å². The fraction of sp³-hybridized carbons (Fsp3) is 0.130. The molecule has 0 bridgehead atoms. The van der Waals surface area contributed by atoms with E-state index < -0.39 is 9.73 Å². The molecule has 0 saturated carbocycles. The van der Waals surface area contributed by atoms with E-state index in [9.17, 15) is 14.1 Å². The van der Waals surface area contributed by atoms with Gasteiger partial charge in [-0.15, -0.1) is 0 Å². The van der Waals surface area contributed by atoms with Crippen LogP contribution in [0.1, 0.15) is 16.7 Å². The van der Waals surface area contributed by atoms with E-state index in [0.717, 1.165) is 5.56 Å². The summed E-state index contributed by atoms with van der Waals surface area (Å²) in [7, 11) is -0.0897. The minimum atomic E-state index is -3.17. The Labute approximate surface area is 194 Å². The summed E-state index contributed by atoms with van der Waals surface area (Å²) >= 11 is 0. The van der Waals surface area contributed by atoms with Crippen LogP contribution in [0.15, 0.2) is 81.6 Å². The standard InChI is InChI=1S/C23H23N4O4PS/c1-25-23(29)27-26-22(19-13-20(28)21(31-2)12-16(19)14-32-27)15-8-10-18(11-9-15)33(24,30)17-6-4-3-5-7-17/h3-13,24,28,32H,14H2,1-2H3,(H,25,29). The van der Waals surface area contributed by atoms with Gasteiger partial charge in [-0.2, -0.15) is 9.88 Å². The number of nitrogens with zero attached hydrogens (tertiary/aromatic N) is 2. The van der Waals surface area contributed by atoms with E-state index in [-0.39, 0.29) is 20.5 Å². The molecule has 10 heteroatoms. The van der Waals surface area contributed by atoms with Crippen LogP contribution in [-0.2, 0) is 15.9 Å². The van der Waals surface area contributed by atoms with Gasteiger partial charge in [0.15, 0.2) is 11.5 Å². The average Bonchev–Trinajstić information content (AvgIpc) is 3.03. The molecule has 2 unspecified atom stereocenters. The Balaban J connectivity index is 1.81. The van der Waals surface area contributed by atoms with Gasteiger partial charge in [0, 0.05) is 33.1 Å². The maximum atomic E-state index is 13.2. The highest BCUT2D eigenvalue weighted by molar-refractivity contribution is 7.92. The zero-order valence-electron chi connectivity index (χ0n) is 18.0. The summed E-state index contributed by atoms with van der Waals surface area (Å²) in [6.45, 7) is 0. The fourth-order valence-corrected chi connectivity index (χ4v) is 5.85. The molecule has 33 heavy (non-hydrogen) atoms. The van der Waals surface area contributed by atoms with Gasteiger partial charge in [0.2, 0.25) is 0 Å². The second kappa shape index (κ2) is 9.21. The first kappa shape index (κ1) is 22.8. The van der Waals surface area contributed by atoms with Crippen molar-refractivity contribution in [1.82, 2.24) is 10.1 Å². The summed E-state index contributed by atoms with van der Waals surface area (Å²) in [5.74, 6) is 0.314. The molecule has 0 fully saturated rings. The molecule has 1 heterocycles. The number of phenols is 1. The summed E-state index contributed by atoms with van der Waals surface area (Å²) in [4.78, 5) is 13.2. The molecule has 0 aliphatic carbocycles. The van der Waals surface area contributed by atoms with Gasteiger partial charge in [-0.05, 0) is 42.0 Å². The highest BCUT2D eigenvalue weighted by Crippen LogP contribution is 2.38. The fourth-order valence-electron chi connectivity index (χ4n) is 3.48. The number of benzene rings is 3. The van der Waals surface area contributed by atoms with Crippen LogP contribution in [0.4, 0.5) is 4.79 Å². The SMILES string of the molecule is CNC(=O)N1N=C(c2ccc(S(=N)(=O)c3ccccc3)cc2)c2cc(O)c(OC)cc2CP1. The van der Waals surface area contributed by atoms with Gasteiger partial charge in [-0.25, -0.2) is 13.8 Å². The smallest absolute Gasteiger partial charge is 0.340 e. The first-order valence-corrected chi connectivity index (χ1v) is 12.7. The van der Waals surface area contributed by atoms with Crippen LogP contribution in [0.2, 0.25) is 0 Å². The zero-order chi connectivity index (χ0) is 23.6. The van der Waals surface area contributed by atoms with Crippen molar-refractivity contribution >= 4 is 30.2 Å². The van der Waals surface area contributed by atoms with E-state index >= 15 is 0 Å². The molecule has 3 N–H and O–H groups in total. The van der Waals surface area contributed by atoms with Crippen LogP contribution in [0.5, 0.6) is 11.5 Å². The lowest BCUT2D eigenvalue weighted by Crippen LogP contribution is -2.29. The summed E-state index contributed by atoms with van der Waals surface area (Å²) in [6, 6.07) is 18.4. The van der Waals surface area contributed by atoms with Crippen molar-refractivity contribution < 1.29 is 18.8 Å². The van der Waals surface area contributed by atoms with Gasteiger partial charge in [0.25, 0.3) is 0 Å². The molecular formula is C23H23N4O4PS. The minimum absolute atomic E-state index is 0.0319. The van der Waals surface area contributed by atoms with E-state index in [1.54, 1.807) is 60.7 Å².